The van der Waals surface area contributed by atoms with Crippen molar-refractivity contribution in [1.29, 1.82) is 0 Å². The van der Waals surface area contributed by atoms with Crippen LogP contribution in [0.25, 0.3) is 22.2 Å². The molecule has 0 radical (unpaired) electrons. The molecular weight excluding hydrogens is 400 g/mol. The summed E-state index contributed by atoms with van der Waals surface area (Å²) in [6.07, 6.45) is 1.09. The summed E-state index contributed by atoms with van der Waals surface area (Å²) < 4.78 is 2.34. The molecule has 0 aliphatic carbocycles. The molecule has 2 nitrogen and oxygen atoms in total. The average molecular weight is 435 g/mol. The Morgan fingerprint density at radius 1 is 0.848 bits per heavy atom. The lowest BCUT2D eigenvalue weighted by molar-refractivity contribution is 0.326. The van der Waals surface area contributed by atoms with Gasteiger partial charge >= 0.3 is 0 Å². The summed E-state index contributed by atoms with van der Waals surface area (Å²) in [5.41, 5.74) is 11.5. The van der Waals surface area contributed by atoms with Crippen molar-refractivity contribution in [3.8, 4) is 5.69 Å². The van der Waals surface area contributed by atoms with Gasteiger partial charge in [0.1, 0.15) is 0 Å². The van der Waals surface area contributed by atoms with Crippen molar-refractivity contribution in [2.45, 2.75) is 54.0 Å². The van der Waals surface area contributed by atoms with Crippen molar-refractivity contribution < 1.29 is 0 Å². The highest BCUT2D eigenvalue weighted by atomic mass is 15.2. The molecule has 2 heterocycles. The topological polar surface area (TPSA) is 8.17 Å². The highest BCUT2D eigenvalue weighted by molar-refractivity contribution is 5.88. The van der Waals surface area contributed by atoms with E-state index in [2.05, 4.69) is 124 Å². The van der Waals surface area contributed by atoms with E-state index in [4.69, 9.17) is 0 Å². The minimum atomic E-state index is 0.174. The van der Waals surface area contributed by atoms with Gasteiger partial charge in [0.2, 0.25) is 0 Å². The van der Waals surface area contributed by atoms with E-state index >= 15 is 0 Å². The van der Waals surface area contributed by atoms with Gasteiger partial charge in [0.15, 0.2) is 0 Å². The summed E-state index contributed by atoms with van der Waals surface area (Å²) in [6.45, 7) is 17.7. The van der Waals surface area contributed by atoms with E-state index in [9.17, 15) is 0 Å². The Kier molecular flexibility index (Phi) is 5.01. The van der Waals surface area contributed by atoms with E-state index in [1.54, 1.807) is 0 Å². The Morgan fingerprint density at radius 2 is 1.48 bits per heavy atom. The van der Waals surface area contributed by atoms with Crippen LogP contribution >= 0.6 is 0 Å². The Labute approximate surface area is 198 Å². The third-order valence-electron chi connectivity index (χ3n) is 7.00. The fraction of sp³-hybridized carbons (Fsp3) is 0.290. The first-order chi connectivity index (χ1) is 15.6. The number of nitrogens with zero attached hydrogens (tertiary/aromatic N) is 2. The standard InChI is InChI=1S/C31H34N2/c1-20(2)29-18-23-16-21(3)8-14-27(23)32(29)25-10-12-26(13-11-25)33-28-15-9-22(4)17-24(28)19-30(33)31(5,6)7/h8-18,30H,1,19H2,2-7H3. The molecule has 33 heavy (non-hydrogen) atoms. The SMILES string of the molecule is C=C(C)c1cc2cc(C)ccc2n1-c1ccc(N2c3ccc(C)cc3CC2C(C)(C)C)cc1. The van der Waals surface area contributed by atoms with Crippen LogP contribution in [0.4, 0.5) is 11.4 Å². The van der Waals surface area contributed by atoms with Crippen LogP contribution < -0.4 is 4.90 Å². The average Bonchev–Trinajstić information content (AvgIpc) is 3.32. The molecule has 1 unspecified atom stereocenters. The van der Waals surface area contributed by atoms with Crippen LogP contribution in [0.2, 0.25) is 0 Å². The van der Waals surface area contributed by atoms with Gasteiger partial charge in [-0.05, 0) is 92.3 Å². The molecule has 0 fully saturated rings. The quantitative estimate of drug-likeness (QED) is 0.314. The maximum atomic E-state index is 4.25. The number of hydrogen-bond acceptors (Lipinski definition) is 1. The zero-order chi connectivity index (χ0) is 23.5. The van der Waals surface area contributed by atoms with E-state index < -0.39 is 0 Å². The molecule has 1 aliphatic heterocycles. The summed E-state index contributed by atoms with van der Waals surface area (Å²) >= 11 is 0. The lowest BCUT2D eigenvalue weighted by atomic mass is 9.84. The second-order valence-electron chi connectivity index (χ2n) is 10.8. The number of hydrogen-bond donors (Lipinski definition) is 0. The molecule has 1 atom stereocenters. The van der Waals surface area contributed by atoms with Crippen molar-refractivity contribution in [3.05, 3.63) is 95.7 Å². The molecule has 3 aromatic carbocycles. The number of rotatable bonds is 3. The van der Waals surface area contributed by atoms with Crippen LogP contribution in [0.5, 0.6) is 0 Å². The van der Waals surface area contributed by atoms with Crippen LogP contribution in [0.1, 0.15) is 50.1 Å². The van der Waals surface area contributed by atoms with Crippen LogP contribution in [0.3, 0.4) is 0 Å². The van der Waals surface area contributed by atoms with E-state index in [0.29, 0.717) is 6.04 Å². The number of allylic oxidation sites excluding steroid dienone is 1. The molecule has 1 aromatic heterocycles. The van der Waals surface area contributed by atoms with Crippen molar-refractivity contribution >= 4 is 27.9 Å². The first-order valence-electron chi connectivity index (χ1n) is 11.9. The van der Waals surface area contributed by atoms with E-state index in [0.717, 1.165) is 17.7 Å². The maximum absolute atomic E-state index is 4.25. The molecule has 0 N–H and O–H groups in total. The van der Waals surface area contributed by atoms with Crippen molar-refractivity contribution in [2.24, 2.45) is 5.41 Å². The lowest BCUT2D eigenvalue weighted by Gasteiger charge is -2.37. The van der Waals surface area contributed by atoms with Gasteiger partial charge in [-0.3, -0.25) is 0 Å². The van der Waals surface area contributed by atoms with Crippen molar-refractivity contribution in [1.82, 2.24) is 4.57 Å². The van der Waals surface area contributed by atoms with Crippen LogP contribution in [0, 0.1) is 19.3 Å². The van der Waals surface area contributed by atoms with Gasteiger partial charge in [-0.2, -0.15) is 0 Å². The highest BCUT2D eigenvalue weighted by Crippen LogP contribution is 2.45. The van der Waals surface area contributed by atoms with Gasteiger partial charge in [0, 0.05) is 34.2 Å². The molecule has 4 aromatic rings. The van der Waals surface area contributed by atoms with Crippen molar-refractivity contribution in [3.63, 3.8) is 0 Å². The smallest absolute Gasteiger partial charge is 0.0535 e. The summed E-state index contributed by atoms with van der Waals surface area (Å²) in [5.74, 6) is 0. The van der Waals surface area contributed by atoms with Crippen LogP contribution in [0.15, 0.2) is 73.3 Å². The minimum Gasteiger partial charge on any atom is -0.337 e. The normalized spacial score (nSPS) is 15.8. The zero-order valence-electron chi connectivity index (χ0n) is 20.7. The Hall–Kier alpha value is -3.26. The van der Waals surface area contributed by atoms with Crippen LogP contribution in [-0.2, 0) is 6.42 Å². The first-order valence-corrected chi connectivity index (χ1v) is 11.9. The second-order valence-corrected chi connectivity index (χ2v) is 10.8. The third kappa shape index (κ3) is 3.68. The van der Waals surface area contributed by atoms with Crippen LogP contribution in [-0.4, -0.2) is 10.6 Å². The molecule has 168 valence electrons. The number of fused-ring (bicyclic) bond motifs is 2. The van der Waals surface area contributed by atoms with Gasteiger partial charge in [-0.1, -0.05) is 56.7 Å². The fourth-order valence-corrected chi connectivity index (χ4v) is 5.28. The summed E-state index contributed by atoms with van der Waals surface area (Å²) in [6, 6.07) is 25.3. The number of benzene rings is 3. The predicted octanol–water partition coefficient (Wildman–Crippen LogP) is 8.39. The monoisotopic (exact) mass is 434 g/mol. The molecule has 2 heteroatoms. The largest absolute Gasteiger partial charge is 0.337 e. The molecule has 0 bridgehead atoms. The third-order valence-corrected chi connectivity index (χ3v) is 7.00. The summed E-state index contributed by atoms with van der Waals surface area (Å²) in [5, 5.41) is 1.26. The molecular formula is C31H34N2. The number of aryl methyl sites for hydroxylation is 2. The predicted molar refractivity (Wildman–Crippen MR) is 143 cm³/mol. The van der Waals surface area contributed by atoms with Gasteiger partial charge in [-0.15, -0.1) is 0 Å². The van der Waals surface area contributed by atoms with E-state index in [1.807, 2.05) is 0 Å². The molecule has 0 spiro atoms. The van der Waals surface area contributed by atoms with Crippen molar-refractivity contribution in [2.75, 3.05) is 4.90 Å². The number of anilines is 2. The summed E-state index contributed by atoms with van der Waals surface area (Å²) in [7, 11) is 0. The van der Waals surface area contributed by atoms with E-state index in [-0.39, 0.29) is 5.41 Å². The molecule has 0 amide bonds. The summed E-state index contributed by atoms with van der Waals surface area (Å²) in [4.78, 5) is 2.55. The maximum Gasteiger partial charge on any atom is 0.0535 e. The minimum absolute atomic E-state index is 0.174. The number of aromatic nitrogens is 1. The van der Waals surface area contributed by atoms with Gasteiger partial charge in [0.25, 0.3) is 0 Å². The fourth-order valence-electron chi connectivity index (χ4n) is 5.28. The first kappa shape index (κ1) is 21.6. The zero-order valence-corrected chi connectivity index (χ0v) is 20.7. The second kappa shape index (κ2) is 7.66. The molecule has 0 saturated carbocycles. The van der Waals surface area contributed by atoms with Gasteiger partial charge < -0.3 is 9.47 Å². The highest BCUT2D eigenvalue weighted by Gasteiger charge is 2.38. The Balaban J connectivity index is 1.61. The Morgan fingerprint density at radius 3 is 2.15 bits per heavy atom. The molecule has 5 rings (SSSR count). The van der Waals surface area contributed by atoms with Gasteiger partial charge in [0.05, 0.1) is 5.52 Å². The Bertz CT molecular complexity index is 1360. The van der Waals surface area contributed by atoms with Gasteiger partial charge in [-0.25, -0.2) is 0 Å². The molecule has 1 aliphatic rings. The van der Waals surface area contributed by atoms with E-state index in [1.165, 1.54) is 44.7 Å². The molecule has 0 saturated heterocycles. The lowest BCUT2D eigenvalue weighted by Crippen LogP contribution is -2.38.